The molecule has 0 saturated carbocycles. The quantitative estimate of drug-likeness (QED) is 0.883. The molecule has 3 nitrogen and oxygen atoms in total. The molecule has 0 aliphatic carbocycles. The van der Waals surface area contributed by atoms with E-state index in [-0.39, 0.29) is 5.91 Å². The van der Waals surface area contributed by atoms with Gasteiger partial charge in [-0.3, -0.25) is 4.79 Å². The Morgan fingerprint density at radius 3 is 2.86 bits per heavy atom. The van der Waals surface area contributed by atoms with Crippen molar-refractivity contribution in [2.45, 2.75) is 19.3 Å². The molecule has 0 aromatic heterocycles. The molecule has 1 amide bonds. The second kappa shape index (κ2) is 5.78. The predicted octanol–water partition coefficient (Wildman–Crippen LogP) is 3.44. The average Bonchev–Trinajstić information content (AvgIpc) is 2.92. The maximum Gasteiger partial charge on any atom is 0.227 e. The first kappa shape index (κ1) is 14.0. The smallest absolute Gasteiger partial charge is 0.227 e. The molecule has 0 saturated heterocycles. The van der Waals surface area contributed by atoms with Gasteiger partial charge in [-0.05, 0) is 42.2 Å². The van der Waals surface area contributed by atoms with Crippen LogP contribution in [0.5, 0.6) is 0 Å². The van der Waals surface area contributed by atoms with Crippen LogP contribution in [0.15, 0.2) is 42.5 Å². The predicted molar refractivity (Wildman–Crippen MR) is 86.7 cm³/mol. The first-order valence-electron chi connectivity index (χ1n) is 7.07. The van der Waals surface area contributed by atoms with Gasteiger partial charge in [0.05, 0.1) is 10.7 Å². The van der Waals surface area contributed by atoms with Crippen LogP contribution in [-0.4, -0.2) is 12.5 Å². The van der Waals surface area contributed by atoms with Gasteiger partial charge in [0.1, 0.15) is 0 Å². The van der Waals surface area contributed by atoms with Crippen molar-refractivity contribution in [1.82, 2.24) is 0 Å². The van der Waals surface area contributed by atoms with Crippen LogP contribution < -0.4 is 10.6 Å². The minimum absolute atomic E-state index is 0.161. The van der Waals surface area contributed by atoms with Crippen molar-refractivity contribution < 1.29 is 4.79 Å². The number of fused-ring (bicyclic) bond motifs is 1. The number of aryl methyl sites for hydroxylation is 1. The molecule has 0 atom stereocenters. The Hall–Kier alpha value is -2.00. The van der Waals surface area contributed by atoms with Crippen LogP contribution in [0.1, 0.15) is 17.5 Å². The van der Waals surface area contributed by atoms with Gasteiger partial charge in [-0.15, -0.1) is 0 Å². The lowest BCUT2D eigenvalue weighted by molar-refractivity contribution is -0.118. The zero-order chi connectivity index (χ0) is 14.8. The van der Waals surface area contributed by atoms with Gasteiger partial charge in [0.2, 0.25) is 5.91 Å². The molecule has 2 aromatic carbocycles. The molecule has 1 heterocycles. The minimum atomic E-state index is 0.161. The standard InChI is InChI=1S/C17H17ClN2O/c18-14-7-5-12(11-15(14)19)6-8-17(21)20-10-9-13-3-1-2-4-16(13)20/h1-5,7,11H,6,8-10,19H2. The summed E-state index contributed by atoms with van der Waals surface area (Å²) in [6.45, 7) is 0.779. The zero-order valence-corrected chi connectivity index (χ0v) is 12.4. The number of nitrogens with zero attached hydrogens (tertiary/aromatic N) is 1. The van der Waals surface area contributed by atoms with Gasteiger partial charge < -0.3 is 10.6 Å². The summed E-state index contributed by atoms with van der Waals surface area (Å²) in [4.78, 5) is 14.3. The highest BCUT2D eigenvalue weighted by atomic mass is 35.5. The lowest BCUT2D eigenvalue weighted by Crippen LogP contribution is -2.29. The maximum absolute atomic E-state index is 12.4. The number of benzene rings is 2. The maximum atomic E-state index is 12.4. The van der Waals surface area contributed by atoms with Gasteiger partial charge in [0.15, 0.2) is 0 Å². The Morgan fingerprint density at radius 1 is 1.24 bits per heavy atom. The van der Waals surface area contributed by atoms with Crippen LogP contribution in [-0.2, 0) is 17.6 Å². The van der Waals surface area contributed by atoms with Crippen molar-refractivity contribution >= 4 is 28.9 Å². The van der Waals surface area contributed by atoms with Crippen molar-refractivity contribution in [2.24, 2.45) is 0 Å². The van der Waals surface area contributed by atoms with Crippen LogP contribution in [0.2, 0.25) is 5.02 Å². The van der Waals surface area contributed by atoms with Gasteiger partial charge >= 0.3 is 0 Å². The normalized spacial score (nSPS) is 13.3. The number of para-hydroxylation sites is 1. The number of anilines is 2. The molecule has 0 radical (unpaired) electrons. The van der Waals surface area contributed by atoms with E-state index in [1.54, 1.807) is 6.07 Å². The van der Waals surface area contributed by atoms with E-state index in [0.717, 1.165) is 24.2 Å². The third-order valence-corrected chi connectivity index (χ3v) is 4.22. The number of halogens is 1. The van der Waals surface area contributed by atoms with E-state index in [1.807, 2.05) is 35.2 Å². The van der Waals surface area contributed by atoms with E-state index in [0.29, 0.717) is 23.6 Å². The van der Waals surface area contributed by atoms with Crippen LogP contribution in [0.25, 0.3) is 0 Å². The molecule has 108 valence electrons. The molecule has 3 rings (SSSR count). The summed E-state index contributed by atoms with van der Waals surface area (Å²) in [5.41, 5.74) is 9.69. The third kappa shape index (κ3) is 2.88. The minimum Gasteiger partial charge on any atom is -0.398 e. The monoisotopic (exact) mass is 300 g/mol. The molecule has 2 aromatic rings. The summed E-state index contributed by atoms with van der Waals surface area (Å²) in [7, 11) is 0. The van der Waals surface area contributed by atoms with Gasteiger partial charge in [0, 0.05) is 18.7 Å². The van der Waals surface area contributed by atoms with Crippen molar-refractivity contribution in [3.05, 3.63) is 58.6 Å². The molecule has 0 spiro atoms. The van der Waals surface area contributed by atoms with Gasteiger partial charge in [-0.1, -0.05) is 35.9 Å². The zero-order valence-electron chi connectivity index (χ0n) is 11.7. The SMILES string of the molecule is Nc1cc(CCC(=O)N2CCc3ccccc32)ccc1Cl. The highest BCUT2D eigenvalue weighted by molar-refractivity contribution is 6.33. The number of hydrogen-bond donors (Lipinski definition) is 1. The number of hydrogen-bond acceptors (Lipinski definition) is 2. The summed E-state index contributed by atoms with van der Waals surface area (Å²) in [5, 5.41) is 0.554. The summed E-state index contributed by atoms with van der Waals surface area (Å²) in [6.07, 6.45) is 2.10. The van der Waals surface area contributed by atoms with E-state index in [4.69, 9.17) is 17.3 Å². The first-order valence-corrected chi connectivity index (χ1v) is 7.45. The first-order chi connectivity index (χ1) is 10.1. The second-order valence-corrected chi connectivity index (χ2v) is 5.69. The number of rotatable bonds is 3. The number of carbonyl (C=O) groups is 1. The third-order valence-electron chi connectivity index (χ3n) is 3.88. The van der Waals surface area contributed by atoms with Crippen LogP contribution >= 0.6 is 11.6 Å². The second-order valence-electron chi connectivity index (χ2n) is 5.28. The average molecular weight is 301 g/mol. The van der Waals surface area contributed by atoms with Gasteiger partial charge in [-0.25, -0.2) is 0 Å². The summed E-state index contributed by atoms with van der Waals surface area (Å²) >= 11 is 5.90. The number of carbonyl (C=O) groups excluding carboxylic acids is 1. The van der Waals surface area contributed by atoms with Gasteiger partial charge in [-0.2, -0.15) is 0 Å². The Kier molecular flexibility index (Phi) is 3.84. The van der Waals surface area contributed by atoms with Crippen molar-refractivity contribution in [2.75, 3.05) is 17.2 Å². The van der Waals surface area contributed by atoms with E-state index in [9.17, 15) is 4.79 Å². The summed E-state index contributed by atoms with van der Waals surface area (Å²) in [5.74, 6) is 0.161. The fraction of sp³-hybridized carbons (Fsp3) is 0.235. The Bertz CT molecular complexity index is 684. The lowest BCUT2D eigenvalue weighted by atomic mass is 10.1. The molecule has 1 aliphatic heterocycles. The topological polar surface area (TPSA) is 46.3 Å². The van der Waals surface area contributed by atoms with Crippen LogP contribution in [0, 0.1) is 0 Å². The highest BCUT2D eigenvalue weighted by Gasteiger charge is 2.23. The van der Waals surface area contributed by atoms with E-state index in [2.05, 4.69) is 6.07 Å². The molecule has 21 heavy (non-hydrogen) atoms. The van der Waals surface area contributed by atoms with E-state index >= 15 is 0 Å². The number of nitrogen functional groups attached to an aromatic ring is 1. The van der Waals surface area contributed by atoms with Crippen LogP contribution in [0.4, 0.5) is 11.4 Å². The molecule has 0 unspecified atom stereocenters. The van der Waals surface area contributed by atoms with Crippen molar-refractivity contribution in [1.29, 1.82) is 0 Å². The van der Waals surface area contributed by atoms with Gasteiger partial charge in [0.25, 0.3) is 0 Å². The molecule has 2 N–H and O–H groups in total. The Morgan fingerprint density at radius 2 is 2.05 bits per heavy atom. The molecule has 1 aliphatic rings. The van der Waals surface area contributed by atoms with Crippen LogP contribution in [0.3, 0.4) is 0 Å². The fourth-order valence-corrected chi connectivity index (χ4v) is 2.85. The highest BCUT2D eigenvalue weighted by Crippen LogP contribution is 2.28. The molecular formula is C17H17ClN2O. The fourth-order valence-electron chi connectivity index (χ4n) is 2.73. The van der Waals surface area contributed by atoms with E-state index in [1.165, 1.54) is 5.56 Å². The molecule has 0 bridgehead atoms. The Balaban J connectivity index is 1.66. The number of nitrogens with two attached hydrogens (primary N) is 1. The number of amides is 1. The summed E-state index contributed by atoms with van der Waals surface area (Å²) < 4.78 is 0. The largest absolute Gasteiger partial charge is 0.398 e. The Labute approximate surface area is 129 Å². The van der Waals surface area contributed by atoms with Crippen molar-refractivity contribution in [3.63, 3.8) is 0 Å². The molecule has 0 fully saturated rings. The molecular weight excluding hydrogens is 284 g/mol. The molecule has 4 heteroatoms. The van der Waals surface area contributed by atoms with E-state index < -0.39 is 0 Å². The summed E-state index contributed by atoms with van der Waals surface area (Å²) in [6, 6.07) is 13.6. The van der Waals surface area contributed by atoms with Crippen molar-refractivity contribution in [3.8, 4) is 0 Å². The lowest BCUT2D eigenvalue weighted by Gasteiger charge is -2.17.